The first-order valence-electron chi connectivity index (χ1n) is 8.85. The molecule has 2 aromatic rings. The van der Waals surface area contributed by atoms with E-state index in [0.29, 0.717) is 6.42 Å². The van der Waals surface area contributed by atoms with Gasteiger partial charge in [0, 0.05) is 5.92 Å². The Morgan fingerprint density at radius 3 is 1.88 bits per heavy atom. The molecule has 0 aliphatic carbocycles. The van der Waals surface area contributed by atoms with E-state index in [2.05, 4.69) is 17.6 Å². The lowest BCUT2D eigenvalue weighted by molar-refractivity contribution is -0.143. The first-order valence-corrected chi connectivity index (χ1v) is 8.85. The minimum Gasteiger partial charge on any atom is -0.334 e. The maximum absolute atomic E-state index is 13.0. The Labute approximate surface area is 148 Å². The Bertz CT molecular complexity index is 725. The molecule has 4 heteroatoms. The van der Waals surface area contributed by atoms with Crippen LogP contribution in [0.3, 0.4) is 0 Å². The SMILES string of the molecule is CC[C@H](c1ccccc1)C1NC(=O)C(CC)(c2ccccc2)C(=O)N1. The predicted octanol–water partition coefficient (Wildman–Crippen LogP) is 3.10. The number of rotatable bonds is 5. The van der Waals surface area contributed by atoms with Crippen LogP contribution in [0, 0.1) is 0 Å². The van der Waals surface area contributed by atoms with E-state index in [0.717, 1.165) is 17.5 Å². The smallest absolute Gasteiger partial charge is 0.241 e. The fourth-order valence-electron chi connectivity index (χ4n) is 3.74. The molecule has 1 aliphatic rings. The van der Waals surface area contributed by atoms with Crippen LogP contribution in [-0.2, 0) is 15.0 Å². The first-order chi connectivity index (χ1) is 12.1. The first kappa shape index (κ1) is 17.2. The summed E-state index contributed by atoms with van der Waals surface area (Å²) >= 11 is 0. The number of carbonyl (C=O) groups excluding carboxylic acids is 2. The van der Waals surface area contributed by atoms with Gasteiger partial charge in [0.2, 0.25) is 11.8 Å². The van der Waals surface area contributed by atoms with Gasteiger partial charge in [0.25, 0.3) is 0 Å². The van der Waals surface area contributed by atoms with E-state index in [1.165, 1.54) is 0 Å². The molecule has 1 aliphatic heterocycles. The molecular weight excluding hydrogens is 312 g/mol. The van der Waals surface area contributed by atoms with Crippen molar-refractivity contribution < 1.29 is 9.59 Å². The minimum absolute atomic E-state index is 0.0414. The van der Waals surface area contributed by atoms with E-state index in [4.69, 9.17) is 0 Å². The van der Waals surface area contributed by atoms with Crippen LogP contribution >= 0.6 is 0 Å². The van der Waals surface area contributed by atoms with Crippen LogP contribution in [0.25, 0.3) is 0 Å². The second-order valence-corrected chi connectivity index (χ2v) is 6.47. The van der Waals surface area contributed by atoms with Crippen LogP contribution in [0.2, 0.25) is 0 Å². The fraction of sp³-hybridized carbons (Fsp3) is 0.333. The Morgan fingerprint density at radius 2 is 1.40 bits per heavy atom. The molecule has 1 atom stereocenters. The van der Waals surface area contributed by atoms with E-state index in [1.807, 2.05) is 67.6 Å². The van der Waals surface area contributed by atoms with Gasteiger partial charge in [-0.2, -0.15) is 0 Å². The molecule has 0 saturated carbocycles. The molecule has 4 nitrogen and oxygen atoms in total. The molecule has 0 aromatic heterocycles. The molecule has 1 saturated heterocycles. The fourth-order valence-corrected chi connectivity index (χ4v) is 3.74. The third-order valence-corrected chi connectivity index (χ3v) is 5.22. The summed E-state index contributed by atoms with van der Waals surface area (Å²) in [6.45, 7) is 3.94. The molecule has 2 aromatic carbocycles. The molecule has 2 amide bonds. The molecule has 0 bridgehead atoms. The molecule has 3 rings (SSSR count). The largest absolute Gasteiger partial charge is 0.334 e. The third kappa shape index (κ3) is 2.93. The van der Waals surface area contributed by atoms with Crippen LogP contribution in [0.1, 0.15) is 43.7 Å². The van der Waals surface area contributed by atoms with Gasteiger partial charge in [-0.1, -0.05) is 74.5 Å². The van der Waals surface area contributed by atoms with Crippen LogP contribution < -0.4 is 10.6 Å². The summed E-state index contributed by atoms with van der Waals surface area (Å²) in [4.78, 5) is 26.1. The van der Waals surface area contributed by atoms with Gasteiger partial charge < -0.3 is 10.6 Å². The van der Waals surface area contributed by atoms with Gasteiger partial charge in [0.05, 0.1) is 0 Å². The highest BCUT2D eigenvalue weighted by molar-refractivity contribution is 6.12. The van der Waals surface area contributed by atoms with Crippen LogP contribution in [0.4, 0.5) is 0 Å². The van der Waals surface area contributed by atoms with Gasteiger partial charge >= 0.3 is 0 Å². The second-order valence-electron chi connectivity index (χ2n) is 6.47. The zero-order valence-electron chi connectivity index (χ0n) is 14.7. The van der Waals surface area contributed by atoms with Crippen molar-refractivity contribution in [3.05, 3.63) is 71.8 Å². The number of hydrogen-bond acceptors (Lipinski definition) is 2. The highest BCUT2D eigenvalue weighted by atomic mass is 16.2. The summed E-state index contributed by atoms with van der Waals surface area (Å²) in [7, 11) is 0. The van der Waals surface area contributed by atoms with Crippen molar-refractivity contribution in [1.82, 2.24) is 10.6 Å². The number of nitrogens with one attached hydrogen (secondary N) is 2. The Morgan fingerprint density at radius 1 is 0.880 bits per heavy atom. The van der Waals surface area contributed by atoms with Gasteiger partial charge in [0.1, 0.15) is 6.17 Å². The summed E-state index contributed by atoms with van der Waals surface area (Å²) in [6.07, 6.45) is 0.847. The van der Waals surface area contributed by atoms with Crippen molar-refractivity contribution in [2.24, 2.45) is 0 Å². The van der Waals surface area contributed by atoms with Crippen molar-refractivity contribution in [3.8, 4) is 0 Å². The molecule has 2 N–H and O–H groups in total. The maximum atomic E-state index is 13.0. The number of hydrogen-bond donors (Lipinski definition) is 2. The van der Waals surface area contributed by atoms with Gasteiger partial charge in [-0.3, -0.25) is 9.59 Å². The monoisotopic (exact) mass is 336 g/mol. The van der Waals surface area contributed by atoms with E-state index >= 15 is 0 Å². The third-order valence-electron chi connectivity index (χ3n) is 5.22. The molecular formula is C21H24N2O2. The molecule has 0 unspecified atom stereocenters. The van der Waals surface area contributed by atoms with Crippen molar-refractivity contribution >= 4 is 11.8 Å². The molecule has 130 valence electrons. The summed E-state index contributed by atoms with van der Waals surface area (Å²) < 4.78 is 0. The number of carbonyl (C=O) groups is 2. The van der Waals surface area contributed by atoms with E-state index < -0.39 is 11.6 Å². The van der Waals surface area contributed by atoms with Gasteiger partial charge in [-0.05, 0) is 24.0 Å². The predicted molar refractivity (Wildman–Crippen MR) is 98.0 cm³/mol. The Kier molecular flexibility index (Phi) is 4.88. The molecule has 1 fully saturated rings. The van der Waals surface area contributed by atoms with Crippen LogP contribution in [0.5, 0.6) is 0 Å². The van der Waals surface area contributed by atoms with Crippen LogP contribution in [0.15, 0.2) is 60.7 Å². The van der Waals surface area contributed by atoms with E-state index in [9.17, 15) is 9.59 Å². The Hall–Kier alpha value is -2.62. The summed E-state index contributed by atoms with van der Waals surface area (Å²) in [5.41, 5.74) is 0.685. The average molecular weight is 336 g/mol. The normalized spacial score (nSPS) is 24.3. The summed E-state index contributed by atoms with van der Waals surface area (Å²) in [5.74, 6) is -0.395. The van der Waals surface area contributed by atoms with Gasteiger partial charge in [-0.25, -0.2) is 0 Å². The summed E-state index contributed by atoms with van der Waals surface area (Å²) in [5, 5.41) is 6.13. The van der Waals surface area contributed by atoms with Gasteiger partial charge in [-0.15, -0.1) is 0 Å². The van der Waals surface area contributed by atoms with Crippen LogP contribution in [-0.4, -0.2) is 18.0 Å². The zero-order chi connectivity index (χ0) is 17.9. The standard InChI is InChI=1S/C21H24N2O2/c1-3-17(15-11-7-5-8-12-15)18-22-19(24)21(4-2,20(25)23-18)16-13-9-6-10-14-16/h5-14,17-18H,3-4H2,1-2H3,(H,22,24)(H,23,25)/t17-,18?,21?/m1/s1. The molecule has 25 heavy (non-hydrogen) atoms. The number of amides is 2. The van der Waals surface area contributed by atoms with Crippen molar-refractivity contribution in [3.63, 3.8) is 0 Å². The lowest BCUT2D eigenvalue weighted by Crippen LogP contribution is -2.68. The molecule has 0 spiro atoms. The second kappa shape index (κ2) is 7.09. The molecule has 0 radical (unpaired) electrons. The van der Waals surface area contributed by atoms with Crippen molar-refractivity contribution in [2.45, 2.75) is 44.2 Å². The quantitative estimate of drug-likeness (QED) is 0.824. The lowest BCUT2D eigenvalue weighted by atomic mass is 9.74. The highest BCUT2D eigenvalue weighted by Crippen LogP contribution is 2.33. The van der Waals surface area contributed by atoms with E-state index in [1.54, 1.807) is 0 Å². The van der Waals surface area contributed by atoms with Crippen molar-refractivity contribution in [1.29, 1.82) is 0 Å². The van der Waals surface area contributed by atoms with E-state index in [-0.39, 0.29) is 17.7 Å². The zero-order valence-corrected chi connectivity index (χ0v) is 14.7. The van der Waals surface area contributed by atoms with Gasteiger partial charge in [0.15, 0.2) is 5.41 Å². The minimum atomic E-state index is -1.16. The molecule has 1 heterocycles. The average Bonchev–Trinajstić information content (AvgIpc) is 2.64. The van der Waals surface area contributed by atoms with Crippen molar-refractivity contribution in [2.75, 3.05) is 0 Å². The number of benzene rings is 2. The highest BCUT2D eigenvalue weighted by Gasteiger charge is 2.51. The maximum Gasteiger partial charge on any atom is 0.241 e. The lowest BCUT2D eigenvalue weighted by Gasteiger charge is -2.41. The summed E-state index contributed by atoms with van der Waals surface area (Å²) in [6, 6.07) is 19.3. The Balaban J connectivity index is 1.92. The topological polar surface area (TPSA) is 58.2 Å².